The lowest BCUT2D eigenvalue weighted by Crippen LogP contribution is -2.34. The molecular weight excluding hydrogens is 396 g/mol. The minimum absolute atomic E-state index is 0.182. The van der Waals surface area contributed by atoms with Gasteiger partial charge in [-0.2, -0.15) is 26.3 Å². The molecule has 0 saturated heterocycles. The van der Waals surface area contributed by atoms with E-state index >= 15 is 0 Å². The van der Waals surface area contributed by atoms with Crippen molar-refractivity contribution in [3.63, 3.8) is 0 Å². The monoisotopic (exact) mass is 407 g/mol. The highest BCUT2D eigenvalue weighted by Crippen LogP contribution is 2.30. The molecule has 0 aliphatic rings. The number of nitrogens with one attached hydrogen (secondary N) is 2. The minimum atomic E-state index is -4.61. The smallest absolute Gasteiger partial charge is 0.422 e. The number of nitrogens with zero attached hydrogens (tertiary/aromatic N) is 1. The van der Waals surface area contributed by atoms with E-state index < -0.39 is 36.5 Å². The molecular formula is C16H11F6N3O3. The van der Waals surface area contributed by atoms with Crippen LogP contribution in [0.25, 0.3) is 0 Å². The fourth-order valence-corrected chi connectivity index (χ4v) is 1.87. The van der Waals surface area contributed by atoms with Crippen LogP contribution in [-0.2, 0) is 6.18 Å². The molecule has 1 aromatic heterocycles. The number of pyridine rings is 1. The SMILES string of the molecule is O=C(NC(=O)c1ccc(OCC(F)(F)F)nc1)Nc1cccc(C(F)(F)F)c1. The van der Waals surface area contributed by atoms with Crippen LogP contribution < -0.4 is 15.4 Å². The number of benzene rings is 1. The molecule has 6 nitrogen and oxygen atoms in total. The summed E-state index contributed by atoms with van der Waals surface area (Å²) in [5.74, 6) is -1.36. The number of ether oxygens (including phenoxy) is 1. The third kappa shape index (κ3) is 6.45. The molecule has 0 fully saturated rings. The Morgan fingerprint density at radius 3 is 2.32 bits per heavy atom. The van der Waals surface area contributed by atoms with Crippen LogP contribution in [0, 0.1) is 0 Å². The van der Waals surface area contributed by atoms with Crippen molar-refractivity contribution in [2.24, 2.45) is 0 Å². The van der Waals surface area contributed by atoms with Crippen LogP contribution in [0.1, 0.15) is 15.9 Å². The summed E-state index contributed by atoms with van der Waals surface area (Å²) in [4.78, 5) is 27.1. The Balaban J connectivity index is 1.94. The molecule has 0 radical (unpaired) electrons. The maximum atomic E-state index is 12.6. The average Bonchev–Trinajstić information content (AvgIpc) is 2.59. The Bertz CT molecular complexity index is 850. The van der Waals surface area contributed by atoms with Gasteiger partial charge in [-0.15, -0.1) is 0 Å². The predicted molar refractivity (Wildman–Crippen MR) is 83.7 cm³/mol. The number of anilines is 1. The van der Waals surface area contributed by atoms with Crippen LogP contribution in [0.5, 0.6) is 5.88 Å². The summed E-state index contributed by atoms with van der Waals surface area (Å²) in [5.41, 5.74) is -1.37. The lowest BCUT2D eigenvalue weighted by atomic mass is 10.2. The normalized spacial score (nSPS) is 11.6. The molecule has 2 rings (SSSR count). The first-order valence-electron chi connectivity index (χ1n) is 7.39. The number of hydrogen-bond acceptors (Lipinski definition) is 4. The number of hydrogen-bond donors (Lipinski definition) is 2. The highest BCUT2D eigenvalue weighted by molar-refractivity contribution is 6.07. The molecule has 2 N–H and O–H groups in total. The standard InChI is InChI=1S/C16H11F6N3O3/c17-15(18,19)8-28-12-5-4-9(7-23-12)13(26)25-14(27)24-11-3-1-2-10(6-11)16(20,21)22/h1-7H,8H2,(H2,24,25,26,27). The number of aromatic nitrogens is 1. The van der Waals surface area contributed by atoms with E-state index in [0.717, 1.165) is 30.5 Å². The highest BCUT2D eigenvalue weighted by atomic mass is 19.4. The summed E-state index contributed by atoms with van der Waals surface area (Å²) in [5, 5.41) is 3.91. The van der Waals surface area contributed by atoms with Gasteiger partial charge >= 0.3 is 18.4 Å². The lowest BCUT2D eigenvalue weighted by Gasteiger charge is -2.10. The van der Waals surface area contributed by atoms with E-state index in [1.54, 1.807) is 0 Å². The molecule has 0 unspecified atom stereocenters. The van der Waals surface area contributed by atoms with Gasteiger partial charge in [0, 0.05) is 18.0 Å². The summed E-state index contributed by atoms with van der Waals surface area (Å²) < 4.78 is 78.4. The van der Waals surface area contributed by atoms with Gasteiger partial charge in [0.2, 0.25) is 5.88 Å². The Hall–Kier alpha value is -3.31. The quantitative estimate of drug-likeness (QED) is 0.751. The summed E-state index contributed by atoms with van der Waals surface area (Å²) in [6, 6.07) is 4.69. The van der Waals surface area contributed by atoms with Gasteiger partial charge in [0.05, 0.1) is 11.1 Å². The first-order valence-corrected chi connectivity index (χ1v) is 7.39. The molecule has 0 aliphatic carbocycles. The van der Waals surface area contributed by atoms with Crippen LogP contribution in [0.15, 0.2) is 42.6 Å². The molecule has 2 aromatic rings. The van der Waals surface area contributed by atoms with E-state index in [-0.39, 0.29) is 17.1 Å². The van der Waals surface area contributed by atoms with Crippen LogP contribution in [0.4, 0.5) is 36.8 Å². The fourth-order valence-electron chi connectivity index (χ4n) is 1.87. The number of carbonyl (C=O) groups excluding carboxylic acids is 2. The van der Waals surface area contributed by atoms with Crippen molar-refractivity contribution in [3.05, 3.63) is 53.7 Å². The second-order valence-electron chi connectivity index (χ2n) is 5.28. The molecule has 0 spiro atoms. The number of halogens is 6. The van der Waals surface area contributed by atoms with Crippen LogP contribution in [0.3, 0.4) is 0 Å². The minimum Gasteiger partial charge on any atom is -0.468 e. The number of imide groups is 1. The zero-order chi connectivity index (χ0) is 20.9. The molecule has 150 valence electrons. The number of alkyl halides is 6. The van der Waals surface area contributed by atoms with Crippen molar-refractivity contribution in [2.75, 3.05) is 11.9 Å². The Morgan fingerprint density at radius 2 is 1.75 bits per heavy atom. The van der Waals surface area contributed by atoms with E-state index in [9.17, 15) is 35.9 Å². The van der Waals surface area contributed by atoms with Gasteiger partial charge in [0.1, 0.15) is 0 Å². The Labute approximate surface area is 153 Å². The van der Waals surface area contributed by atoms with E-state index in [0.29, 0.717) is 6.07 Å². The second kappa shape index (κ2) is 8.15. The number of amides is 3. The van der Waals surface area contributed by atoms with Gasteiger partial charge in [0.25, 0.3) is 5.91 Å². The van der Waals surface area contributed by atoms with Crippen molar-refractivity contribution in [2.45, 2.75) is 12.4 Å². The molecule has 0 bridgehead atoms. The number of rotatable bonds is 4. The summed E-state index contributed by atoms with van der Waals surface area (Å²) >= 11 is 0. The lowest BCUT2D eigenvalue weighted by molar-refractivity contribution is -0.154. The highest BCUT2D eigenvalue weighted by Gasteiger charge is 2.30. The maximum Gasteiger partial charge on any atom is 0.422 e. The van der Waals surface area contributed by atoms with Gasteiger partial charge in [-0.1, -0.05) is 6.07 Å². The van der Waals surface area contributed by atoms with E-state index in [2.05, 4.69) is 15.0 Å². The van der Waals surface area contributed by atoms with Gasteiger partial charge in [-0.05, 0) is 24.3 Å². The zero-order valence-corrected chi connectivity index (χ0v) is 13.7. The van der Waals surface area contributed by atoms with E-state index in [1.165, 1.54) is 6.07 Å². The molecule has 28 heavy (non-hydrogen) atoms. The van der Waals surface area contributed by atoms with Gasteiger partial charge in [-0.3, -0.25) is 10.1 Å². The summed E-state index contributed by atoms with van der Waals surface area (Å²) in [6.45, 7) is -1.56. The third-order valence-electron chi connectivity index (χ3n) is 3.06. The van der Waals surface area contributed by atoms with Gasteiger partial charge in [-0.25, -0.2) is 9.78 Å². The largest absolute Gasteiger partial charge is 0.468 e. The summed E-state index contributed by atoms with van der Waals surface area (Å²) in [7, 11) is 0. The molecule has 0 aliphatic heterocycles. The van der Waals surface area contributed by atoms with Crippen molar-refractivity contribution < 1.29 is 40.7 Å². The van der Waals surface area contributed by atoms with Crippen molar-refractivity contribution in [3.8, 4) is 5.88 Å². The van der Waals surface area contributed by atoms with Crippen molar-refractivity contribution in [1.29, 1.82) is 0 Å². The molecule has 12 heteroatoms. The fraction of sp³-hybridized carbons (Fsp3) is 0.188. The zero-order valence-electron chi connectivity index (χ0n) is 13.7. The molecule has 1 aromatic carbocycles. The van der Waals surface area contributed by atoms with E-state index in [1.807, 2.05) is 5.32 Å². The van der Waals surface area contributed by atoms with Gasteiger partial charge < -0.3 is 10.1 Å². The number of urea groups is 1. The molecule has 3 amide bonds. The van der Waals surface area contributed by atoms with E-state index in [4.69, 9.17) is 0 Å². The third-order valence-corrected chi connectivity index (χ3v) is 3.06. The van der Waals surface area contributed by atoms with Gasteiger partial charge in [0.15, 0.2) is 6.61 Å². The maximum absolute atomic E-state index is 12.6. The van der Waals surface area contributed by atoms with Crippen molar-refractivity contribution in [1.82, 2.24) is 10.3 Å². The van der Waals surface area contributed by atoms with Crippen LogP contribution in [0.2, 0.25) is 0 Å². The topological polar surface area (TPSA) is 80.3 Å². The molecule has 0 atom stereocenters. The predicted octanol–water partition coefficient (Wildman–Crippen LogP) is 4.00. The Morgan fingerprint density at radius 1 is 1.04 bits per heavy atom. The van der Waals surface area contributed by atoms with Crippen molar-refractivity contribution >= 4 is 17.6 Å². The second-order valence-corrected chi connectivity index (χ2v) is 5.28. The van der Waals surface area contributed by atoms with Crippen LogP contribution >= 0.6 is 0 Å². The molecule has 0 saturated carbocycles. The Kier molecular flexibility index (Phi) is 6.11. The first kappa shape index (κ1) is 21.0. The molecule has 1 heterocycles. The van der Waals surface area contributed by atoms with Crippen LogP contribution in [-0.4, -0.2) is 29.7 Å². The number of carbonyl (C=O) groups is 2. The average molecular weight is 407 g/mol. The summed E-state index contributed by atoms with van der Waals surface area (Å²) in [6.07, 6.45) is -8.29. The first-order chi connectivity index (χ1) is 12.9.